The van der Waals surface area contributed by atoms with Crippen molar-refractivity contribution in [3.8, 4) is 0 Å². The Kier molecular flexibility index (Phi) is 7.62. The van der Waals surface area contributed by atoms with E-state index in [1.165, 1.54) is 16.5 Å². The van der Waals surface area contributed by atoms with Crippen LogP contribution in [0.25, 0.3) is 10.9 Å². The first-order valence-electron chi connectivity index (χ1n) is 8.78. The van der Waals surface area contributed by atoms with Gasteiger partial charge in [-0.1, -0.05) is 32.0 Å². The summed E-state index contributed by atoms with van der Waals surface area (Å²) in [6.07, 6.45) is 4.03. The van der Waals surface area contributed by atoms with Crippen molar-refractivity contribution in [2.24, 2.45) is 10.9 Å². The maximum Gasteiger partial charge on any atom is 0.190 e. The molecule has 3 N–H and O–H groups in total. The highest BCUT2D eigenvalue weighted by molar-refractivity contribution is 5.83. The minimum absolute atomic E-state index is 0.594. The third-order valence-corrected chi connectivity index (χ3v) is 3.79. The van der Waals surface area contributed by atoms with Crippen LogP contribution in [0.15, 0.2) is 35.5 Å². The fourth-order valence-corrected chi connectivity index (χ4v) is 2.57. The van der Waals surface area contributed by atoms with Crippen LogP contribution in [0.1, 0.15) is 25.8 Å². The molecule has 5 nitrogen and oxygen atoms in total. The Morgan fingerprint density at radius 1 is 1.21 bits per heavy atom. The van der Waals surface area contributed by atoms with Crippen molar-refractivity contribution in [3.63, 3.8) is 0 Å². The third-order valence-electron chi connectivity index (χ3n) is 3.79. The minimum atomic E-state index is 0.594. The first-order chi connectivity index (χ1) is 11.7. The molecule has 0 atom stereocenters. The molecule has 2 rings (SSSR count). The third kappa shape index (κ3) is 5.89. The first kappa shape index (κ1) is 18.3. The molecule has 1 aromatic carbocycles. The molecule has 0 aliphatic heterocycles. The summed E-state index contributed by atoms with van der Waals surface area (Å²) in [5, 5.41) is 7.99. The fraction of sp³-hybridized carbons (Fsp3) is 0.526. The predicted octanol–water partition coefficient (Wildman–Crippen LogP) is 2.94. The van der Waals surface area contributed by atoms with Crippen LogP contribution in [0.2, 0.25) is 0 Å². The SMILES string of the molecule is CN=C(NCCCOCC(C)C)NCCc1c[nH]c2ccccc12. The number of guanidine groups is 1. The van der Waals surface area contributed by atoms with Gasteiger partial charge in [-0.05, 0) is 30.4 Å². The van der Waals surface area contributed by atoms with Crippen molar-refractivity contribution in [3.05, 3.63) is 36.0 Å². The van der Waals surface area contributed by atoms with Crippen molar-refractivity contribution >= 4 is 16.9 Å². The number of nitrogens with zero attached hydrogens (tertiary/aromatic N) is 1. The van der Waals surface area contributed by atoms with E-state index in [2.05, 4.69) is 64.9 Å². The molecule has 132 valence electrons. The largest absolute Gasteiger partial charge is 0.381 e. The van der Waals surface area contributed by atoms with E-state index in [4.69, 9.17) is 4.74 Å². The summed E-state index contributed by atoms with van der Waals surface area (Å²) in [5.41, 5.74) is 2.52. The molecular weight excluding hydrogens is 300 g/mol. The molecule has 0 amide bonds. The van der Waals surface area contributed by atoms with Crippen molar-refractivity contribution in [1.29, 1.82) is 0 Å². The van der Waals surface area contributed by atoms with Gasteiger partial charge in [-0.15, -0.1) is 0 Å². The molecule has 2 aromatic rings. The summed E-state index contributed by atoms with van der Waals surface area (Å²) in [7, 11) is 1.80. The smallest absolute Gasteiger partial charge is 0.190 e. The molecule has 24 heavy (non-hydrogen) atoms. The summed E-state index contributed by atoms with van der Waals surface area (Å²) in [4.78, 5) is 7.58. The normalized spacial score (nSPS) is 12.1. The van der Waals surface area contributed by atoms with Gasteiger partial charge >= 0.3 is 0 Å². The van der Waals surface area contributed by atoms with Crippen LogP contribution >= 0.6 is 0 Å². The molecule has 5 heteroatoms. The number of rotatable bonds is 9. The molecule has 0 radical (unpaired) electrons. The zero-order chi connectivity index (χ0) is 17.2. The zero-order valence-corrected chi connectivity index (χ0v) is 15.1. The minimum Gasteiger partial charge on any atom is -0.381 e. The number of fused-ring (bicyclic) bond motifs is 1. The molecule has 0 aliphatic carbocycles. The summed E-state index contributed by atoms with van der Waals surface area (Å²) >= 11 is 0. The highest BCUT2D eigenvalue weighted by Crippen LogP contribution is 2.17. The van der Waals surface area contributed by atoms with E-state index in [1.54, 1.807) is 7.05 Å². The van der Waals surface area contributed by atoms with E-state index >= 15 is 0 Å². The molecular formula is C19H30N4O. The Labute approximate surface area is 144 Å². The van der Waals surface area contributed by atoms with E-state index in [9.17, 15) is 0 Å². The Morgan fingerprint density at radius 3 is 2.79 bits per heavy atom. The van der Waals surface area contributed by atoms with E-state index in [0.29, 0.717) is 5.92 Å². The van der Waals surface area contributed by atoms with Crippen molar-refractivity contribution in [1.82, 2.24) is 15.6 Å². The number of aromatic amines is 1. The molecule has 1 aromatic heterocycles. The van der Waals surface area contributed by atoms with Gasteiger partial charge in [0.2, 0.25) is 0 Å². The van der Waals surface area contributed by atoms with Crippen molar-refractivity contribution in [2.75, 3.05) is 33.4 Å². The number of aromatic nitrogens is 1. The first-order valence-corrected chi connectivity index (χ1v) is 8.78. The summed E-state index contributed by atoms with van der Waals surface area (Å²) in [6.45, 7) is 7.67. The summed E-state index contributed by atoms with van der Waals surface area (Å²) in [6, 6.07) is 8.39. The fourth-order valence-electron chi connectivity index (χ4n) is 2.57. The van der Waals surface area contributed by atoms with Gasteiger partial charge in [0.1, 0.15) is 0 Å². The number of hydrogen-bond acceptors (Lipinski definition) is 2. The Hall–Kier alpha value is -2.01. The highest BCUT2D eigenvalue weighted by atomic mass is 16.5. The average molecular weight is 330 g/mol. The lowest BCUT2D eigenvalue weighted by Gasteiger charge is -2.12. The molecule has 0 bridgehead atoms. The molecule has 1 heterocycles. The number of aliphatic imine (C=N–C) groups is 1. The molecule has 0 unspecified atom stereocenters. The summed E-state index contributed by atoms with van der Waals surface area (Å²) < 4.78 is 5.58. The number of H-pyrrole nitrogens is 1. The predicted molar refractivity (Wildman–Crippen MR) is 102 cm³/mol. The van der Waals surface area contributed by atoms with Crippen LogP contribution in [0.5, 0.6) is 0 Å². The number of hydrogen-bond donors (Lipinski definition) is 3. The number of nitrogens with one attached hydrogen (secondary N) is 3. The Bertz CT molecular complexity index is 633. The lowest BCUT2D eigenvalue weighted by atomic mass is 10.1. The molecule has 0 saturated heterocycles. The second-order valence-electron chi connectivity index (χ2n) is 6.36. The molecule has 0 saturated carbocycles. The van der Waals surface area contributed by atoms with Crippen LogP contribution < -0.4 is 10.6 Å². The molecule has 0 fully saturated rings. The van der Waals surface area contributed by atoms with Gasteiger partial charge in [0.05, 0.1) is 0 Å². The second kappa shape index (κ2) is 9.98. The van der Waals surface area contributed by atoms with E-state index in [1.807, 2.05) is 0 Å². The topological polar surface area (TPSA) is 61.4 Å². The van der Waals surface area contributed by atoms with E-state index in [-0.39, 0.29) is 0 Å². The Morgan fingerprint density at radius 2 is 2.00 bits per heavy atom. The van der Waals surface area contributed by atoms with Crippen LogP contribution in [0.3, 0.4) is 0 Å². The van der Waals surface area contributed by atoms with Gasteiger partial charge in [-0.25, -0.2) is 0 Å². The maximum absolute atomic E-state index is 5.58. The van der Waals surface area contributed by atoms with Gasteiger partial charge in [0.25, 0.3) is 0 Å². The number of para-hydroxylation sites is 1. The van der Waals surface area contributed by atoms with E-state index in [0.717, 1.165) is 45.1 Å². The van der Waals surface area contributed by atoms with Gasteiger partial charge in [-0.2, -0.15) is 0 Å². The zero-order valence-electron chi connectivity index (χ0n) is 15.1. The lowest BCUT2D eigenvalue weighted by Crippen LogP contribution is -2.39. The van der Waals surface area contributed by atoms with Gasteiger partial charge in [0, 0.05) is 50.5 Å². The van der Waals surface area contributed by atoms with Gasteiger partial charge in [0.15, 0.2) is 5.96 Å². The number of benzene rings is 1. The maximum atomic E-state index is 5.58. The van der Waals surface area contributed by atoms with Crippen molar-refractivity contribution in [2.45, 2.75) is 26.7 Å². The van der Waals surface area contributed by atoms with E-state index < -0.39 is 0 Å². The van der Waals surface area contributed by atoms with Gasteiger partial charge < -0.3 is 20.4 Å². The standard InChI is InChI=1S/C19H30N4O/c1-15(2)14-24-12-6-10-21-19(20-3)22-11-9-16-13-23-18-8-5-4-7-17(16)18/h4-5,7-8,13,15,23H,6,9-12,14H2,1-3H3,(H2,20,21,22). The average Bonchev–Trinajstić information content (AvgIpc) is 2.99. The quantitative estimate of drug-likeness (QED) is 0.376. The van der Waals surface area contributed by atoms with Crippen molar-refractivity contribution < 1.29 is 4.74 Å². The molecule has 0 spiro atoms. The summed E-state index contributed by atoms with van der Waals surface area (Å²) in [5.74, 6) is 1.44. The van der Waals surface area contributed by atoms with Crippen LogP contribution in [-0.2, 0) is 11.2 Å². The molecule has 0 aliphatic rings. The number of ether oxygens (including phenoxy) is 1. The Balaban J connectivity index is 1.65. The van der Waals surface area contributed by atoms with Crippen LogP contribution in [0, 0.1) is 5.92 Å². The van der Waals surface area contributed by atoms with Crippen LogP contribution in [0.4, 0.5) is 0 Å². The lowest BCUT2D eigenvalue weighted by molar-refractivity contribution is 0.108. The van der Waals surface area contributed by atoms with Gasteiger partial charge in [-0.3, -0.25) is 4.99 Å². The highest BCUT2D eigenvalue weighted by Gasteiger charge is 2.03. The monoisotopic (exact) mass is 330 g/mol. The van der Waals surface area contributed by atoms with Crippen LogP contribution in [-0.4, -0.2) is 44.3 Å². The second-order valence-corrected chi connectivity index (χ2v) is 6.36.